The zero-order valence-electron chi connectivity index (χ0n) is 31.9. The molecule has 0 radical (unpaired) electrons. The maximum absolute atomic E-state index is 7.00. The van der Waals surface area contributed by atoms with E-state index in [9.17, 15) is 0 Å². The number of ether oxygens (including phenoxy) is 1. The lowest BCUT2D eigenvalue weighted by Gasteiger charge is -2.29. The van der Waals surface area contributed by atoms with E-state index in [4.69, 9.17) is 4.74 Å². The van der Waals surface area contributed by atoms with Crippen molar-refractivity contribution in [2.75, 3.05) is 4.90 Å². The number of nitrogens with zero attached hydrogens (tertiary/aromatic N) is 1. The van der Waals surface area contributed by atoms with Crippen molar-refractivity contribution < 1.29 is 4.74 Å². The van der Waals surface area contributed by atoms with Crippen LogP contribution in [0.1, 0.15) is 25.0 Å². The Hall–Kier alpha value is -7.16. The highest BCUT2D eigenvalue weighted by molar-refractivity contribution is 6.03. The van der Waals surface area contributed by atoms with E-state index >= 15 is 0 Å². The van der Waals surface area contributed by atoms with Crippen molar-refractivity contribution in [1.82, 2.24) is 0 Å². The Kier molecular flexibility index (Phi) is 7.55. The van der Waals surface area contributed by atoms with E-state index in [0.29, 0.717) is 0 Å². The molecule has 0 saturated carbocycles. The van der Waals surface area contributed by atoms with Gasteiger partial charge in [-0.25, -0.2) is 0 Å². The van der Waals surface area contributed by atoms with Gasteiger partial charge in [-0.1, -0.05) is 159 Å². The van der Waals surface area contributed by atoms with Crippen LogP contribution in [-0.4, -0.2) is 0 Å². The topological polar surface area (TPSA) is 12.5 Å². The molecule has 11 rings (SSSR count). The van der Waals surface area contributed by atoms with Crippen molar-refractivity contribution in [1.29, 1.82) is 0 Å². The Labute approximate surface area is 333 Å². The summed E-state index contributed by atoms with van der Waals surface area (Å²) in [7, 11) is 0. The third-order valence-corrected chi connectivity index (χ3v) is 12.1. The number of anilines is 3. The van der Waals surface area contributed by atoms with Crippen LogP contribution in [0.5, 0.6) is 11.5 Å². The molecule has 0 spiro atoms. The minimum absolute atomic E-state index is 0.130. The highest BCUT2D eigenvalue weighted by Gasteiger charge is 2.36. The van der Waals surface area contributed by atoms with Crippen LogP contribution < -0.4 is 9.64 Å². The van der Waals surface area contributed by atoms with Crippen molar-refractivity contribution in [3.05, 3.63) is 211 Å². The third-order valence-electron chi connectivity index (χ3n) is 12.1. The van der Waals surface area contributed by atoms with Crippen LogP contribution in [0, 0.1) is 0 Å². The lowest BCUT2D eigenvalue weighted by Crippen LogP contribution is -2.16. The summed E-state index contributed by atoms with van der Waals surface area (Å²) >= 11 is 0. The molecule has 2 heteroatoms. The van der Waals surface area contributed by atoms with E-state index in [1.165, 1.54) is 55.5 Å². The molecule has 2 aliphatic rings. The molecule has 270 valence electrons. The predicted molar refractivity (Wildman–Crippen MR) is 238 cm³/mol. The maximum Gasteiger partial charge on any atom is 0.135 e. The molecule has 1 aliphatic heterocycles. The molecule has 1 aliphatic carbocycles. The monoisotopic (exact) mass is 729 g/mol. The van der Waals surface area contributed by atoms with E-state index in [0.717, 1.165) is 50.6 Å². The summed E-state index contributed by atoms with van der Waals surface area (Å²) in [5.41, 5.74) is 17.7. The molecule has 0 saturated heterocycles. The first-order valence-corrected chi connectivity index (χ1v) is 19.8. The molecule has 0 bridgehead atoms. The van der Waals surface area contributed by atoms with Gasteiger partial charge in [-0.05, 0) is 115 Å². The van der Waals surface area contributed by atoms with Crippen LogP contribution in [0.2, 0.25) is 0 Å². The second-order valence-electron chi connectivity index (χ2n) is 15.7. The van der Waals surface area contributed by atoms with Gasteiger partial charge in [-0.2, -0.15) is 0 Å². The number of rotatable bonds is 5. The lowest BCUT2D eigenvalue weighted by atomic mass is 9.82. The number of hydrogen-bond donors (Lipinski definition) is 0. The van der Waals surface area contributed by atoms with Gasteiger partial charge in [0.1, 0.15) is 11.5 Å². The summed E-state index contributed by atoms with van der Waals surface area (Å²) in [5, 5.41) is 2.34. The Balaban J connectivity index is 1.13. The Morgan fingerprint density at radius 1 is 0.351 bits per heavy atom. The Morgan fingerprint density at radius 3 is 1.72 bits per heavy atom. The minimum Gasteiger partial charge on any atom is -0.456 e. The molecule has 0 N–H and O–H groups in total. The molecule has 0 aromatic heterocycles. The van der Waals surface area contributed by atoms with Gasteiger partial charge in [-0.15, -0.1) is 0 Å². The quantitative estimate of drug-likeness (QED) is 0.175. The zero-order chi connectivity index (χ0) is 38.1. The Bertz CT molecular complexity index is 3000. The van der Waals surface area contributed by atoms with Gasteiger partial charge in [0.15, 0.2) is 0 Å². The number of fused-ring (bicyclic) bond motifs is 9. The average molecular weight is 730 g/mol. The van der Waals surface area contributed by atoms with Crippen LogP contribution in [0.25, 0.3) is 66.4 Å². The van der Waals surface area contributed by atoms with Crippen LogP contribution >= 0.6 is 0 Å². The first-order valence-electron chi connectivity index (χ1n) is 19.8. The van der Waals surface area contributed by atoms with Crippen LogP contribution in [-0.2, 0) is 5.41 Å². The molecule has 0 fully saturated rings. The van der Waals surface area contributed by atoms with Crippen LogP contribution in [0.4, 0.5) is 17.1 Å². The molecule has 0 atom stereocenters. The van der Waals surface area contributed by atoms with E-state index in [2.05, 4.69) is 219 Å². The van der Waals surface area contributed by atoms with Crippen molar-refractivity contribution in [2.45, 2.75) is 19.3 Å². The largest absolute Gasteiger partial charge is 0.456 e. The summed E-state index contributed by atoms with van der Waals surface area (Å²) in [6, 6.07) is 72.6. The summed E-state index contributed by atoms with van der Waals surface area (Å²) in [6.07, 6.45) is 0. The smallest absolute Gasteiger partial charge is 0.135 e. The lowest BCUT2D eigenvalue weighted by molar-refractivity contribution is 0.488. The van der Waals surface area contributed by atoms with Crippen molar-refractivity contribution >= 4 is 27.8 Å². The fourth-order valence-electron chi connectivity index (χ4n) is 9.21. The van der Waals surface area contributed by atoms with E-state index in [1.807, 2.05) is 0 Å². The van der Waals surface area contributed by atoms with Crippen molar-refractivity contribution in [3.8, 4) is 67.1 Å². The van der Waals surface area contributed by atoms with Crippen LogP contribution in [0.15, 0.2) is 200 Å². The molecule has 1 heterocycles. The average Bonchev–Trinajstić information content (AvgIpc) is 3.40. The maximum atomic E-state index is 7.00. The highest BCUT2D eigenvalue weighted by atomic mass is 16.5. The van der Waals surface area contributed by atoms with Gasteiger partial charge >= 0.3 is 0 Å². The zero-order valence-corrected chi connectivity index (χ0v) is 31.9. The predicted octanol–water partition coefficient (Wildman–Crippen LogP) is 15.4. The van der Waals surface area contributed by atoms with Crippen LogP contribution in [0.3, 0.4) is 0 Å². The normalized spacial score (nSPS) is 13.0. The van der Waals surface area contributed by atoms with E-state index < -0.39 is 0 Å². The third kappa shape index (κ3) is 5.40. The summed E-state index contributed by atoms with van der Waals surface area (Å²) in [6.45, 7) is 4.70. The molecular formula is C55H39NO. The first kappa shape index (κ1) is 33.2. The van der Waals surface area contributed by atoms with Gasteiger partial charge < -0.3 is 9.64 Å². The summed E-state index contributed by atoms with van der Waals surface area (Å²) in [4.78, 5) is 2.40. The number of hydrogen-bond acceptors (Lipinski definition) is 2. The van der Waals surface area contributed by atoms with Gasteiger partial charge in [0, 0.05) is 39.2 Å². The Morgan fingerprint density at radius 2 is 0.930 bits per heavy atom. The summed E-state index contributed by atoms with van der Waals surface area (Å²) in [5.74, 6) is 1.70. The molecule has 0 unspecified atom stereocenters. The highest BCUT2D eigenvalue weighted by Crippen LogP contribution is 2.54. The SMILES string of the molecule is CC1(C)c2ccccc2-c2ccc(N(c3ccc(-c4ccccc4)cc3)c3ccc4c(c3)-c3cccc(-c5ccccc5)c3-c3cc5ccccc5cc3O4)cc21. The van der Waals surface area contributed by atoms with Gasteiger partial charge in [0.2, 0.25) is 0 Å². The van der Waals surface area contributed by atoms with Gasteiger partial charge in [0.05, 0.1) is 0 Å². The van der Waals surface area contributed by atoms with Gasteiger partial charge in [-0.3, -0.25) is 0 Å². The standard InChI is InChI=1S/C55H39NO/c1-55(2)50-23-12-11-20-45(50)46-30-28-43(35-51(46)55)56(41-26-24-37(25-27-41)36-14-5-3-6-15-36)42-29-31-52-48(34-42)47-22-13-21-44(38-16-7-4-8-17-38)54(47)49-32-39-18-9-10-19-40(39)33-53(49)57-52/h3-35H,1-2H3. The summed E-state index contributed by atoms with van der Waals surface area (Å²) < 4.78 is 7.00. The van der Waals surface area contributed by atoms with Crippen molar-refractivity contribution in [2.24, 2.45) is 0 Å². The molecular weight excluding hydrogens is 691 g/mol. The molecule has 57 heavy (non-hydrogen) atoms. The molecule has 9 aromatic carbocycles. The molecule has 9 aromatic rings. The fourth-order valence-corrected chi connectivity index (χ4v) is 9.21. The number of benzene rings is 9. The van der Waals surface area contributed by atoms with Crippen molar-refractivity contribution in [3.63, 3.8) is 0 Å². The van der Waals surface area contributed by atoms with E-state index in [1.54, 1.807) is 0 Å². The van der Waals surface area contributed by atoms with E-state index in [-0.39, 0.29) is 5.41 Å². The fraction of sp³-hybridized carbons (Fsp3) is 0.0545. The minimum atomic E-state index is -0.130. The second kappa shape index (κ2) is 13.0. The molecule has 0 amide bonds. The molecule has 2 nitrogen and oxygen atoms in total. The van der Waals surface area contributed by atoms with Gasteiger partial charge in [0.25, 0.3) is 0 Å². The second-order valence-corrected chi connectivity index (χ2v) is 15.7. The first-order chi connectivity index (χ1) is 28.0.